The van der Waals surface area contributed by atoms with Gasteiger partial charge in [-0.1, -0.05) is 0 Å². The van der Waals surface area contributed by atoms with Crippen molar-refractivity contribution in [2.45, 2.75) is 30.1 Å². The lowest BCUT2D eigenvalue weighted by molar-refractivity contribution is 0.0858. The number of sulfonamides is 1. The molecule has 1 saturated carbocycles. The van der Waals surface area contributed by atoms with Gasteiger partial charge in [-0.25, -0.2) is 22.5 Å². The highest BCUT2D eigenvalue weighted by molar-refractivity contribution is 14.1. The third-order valence-electron chi connectivity index (χ3n) is 5.28. The standard InChI is InChI=1S/C19H21FIN3O7S/c1-23-16(27)5-3-14(22-32(30,31)19(6-7-19)9-12(26)10-25)17(23)24(18(28)29)15-4-2-11(21)8-13(15)20/h2-5,8,12,22,25-26H,6-7,9-10H2,1H3,(H,28,29). The Balaban J connectivity index is 2.13. The van der Waals surface area contributed by atoms with Crippen LogP contribution in [-0.4, -0.2) is 51.9 Å². The quantitative estimate of drug-likeness (QED) is 0.349. The van der Waals surface area contributed by atoms with Gasteiger partial charge in [-0.05, 0) is 66.1 Å². The van der Waals surface area contributed by atoms with Gasteiger partial charge in [0.25, 0.3) is 5.56 Å². The molecule has 0 spiro atoms. The second-order valence-electron chi connectivity index (χ2n) is 7.51. The Morgan fingerprint density at radius 2 is 2.00 bits per heavy atom. The van der Waals surface area contributed by atoms with Crippen LogP contribution >= 0.6 is 22.6 Å². The third kappa shape index (κ3) is 4.60. The topological polar surface area (TPSA) is 149 Å². The van der Waals surface area contributed by atoms with Gasteiger partial charge in [-0.3, -0.25) is 14.1 Å². The molecule has 1 unspecified atom stereocenters. The average molecular weight is 581 g/mol. The molecule has 1 aromatic carbocycles. The molecule has 3 rings (SSSR count). The third-order valence-corrected chi connectivity index (χ3v) is 8.15. The Morgan fingerprint density at radius 3 is 2.53 bits per heavy atom. The molecule has 1 aliphatic carbocycles. The largest absolute Gasteiger partial charge is 0.464 e. The monoisotopic (exact) mass is 581 g/mol. The van der Waals surface area contributed by atoms with E-state index in [-0.39, 0.29) is 24.9 Å². The number of pyridine rings is 1. The van der Waals surface area contributed by atoms with Crippen molar-refractivity contribution in [3.05, 3.63) is 50.1 Å². The van der Waals surface area contributed by atoms with Crippen LogP contribution in [0.3, 0.4) is 0 Å². The Bertz CT molecular complexity index is 1210. The minimum atomic E-state index is -4.17. The normalized spacial score (nSPS) is 15.8. The van der Waals surface area contributed by atoms with Gasteiger partial charge in [0.15, 0.2) is 0 Å². The summed E-state index contributed by atoms with van der Waals surface area (Å²) in [6, 6.07) is 5.94. The number of aliphatic hydroxyl groups is 2. The molecule has 4 N–H and O–H groups in total. The summed E-state index contributed by atoms with van der Waals surface area (Å²) < 4.78 is 43.2. The SMILES string of the molecule is Cn1c(N(C(=O)O)c2ccc(I)cc2F)c(NS(=O)(=O)C2(CC(O)CO)CC2)ccc1=O. The van der Waals surface area contributed by atoms with Crippen molar-refractivity contribution < 1.29 is 32.9 Å². The first-order valence-electron chi connectivity index (χ1n) is 9.42. The number of nitrogens with zero attached hydrogens (tertiary/aromatic N) is 2. The number of nitrogens with one attached hydrogen (secondary N) is 1. The van der Waals surface area contributed by atoms with Gasteiger partial charge in [0.1, 0.15) is 11.6 Å². The molecule has 1 amide bonds. The fraction of sp³-hybridized carbons (Fsp3) is 0.368. The Morgan fingerprint density at radius 1 is 1.34 bits per heavy atom. The molecule has 2 aromatic rings. The minimum Gasteiger partial charge on any atom is -0.464 e. The van der Waals surface area contributed by atoms with Gasteiger partial charge in [-0.2, -0.15) is 0 Å². The van der Waals surface area contributed by atoms with Gasteiger partial charge in [0.2, 0.25) is 10.0 Å². The van der Waals surface area contributed by atoms with Crippen LogP contribution < -0.4 is 15.2 Å². The highest BCUT2D eigenvalue weighted by Gasteiger charge is 2.55. The molecule has 32 heavy (non-hydrogen) atoms. The van der Waals surface area contributed by atoms with Crippen LogP contribution in [0.25, 0.3) is 0 Å². The molecule has 10 nitrogen and oxygen atoms in total. The second-order valence-corrected chi connectivity index (χ2v) is 10.8. The fourth-order valence-electron chi connectivity index (χ4n) is 3.42. The average Bonchev–Trinajstić information content (AvgIpc) is 3.49. The van der Waals surface area contributed by atoms with Crippen molar-refractivity contribution in [1.82, 2.24) is 4.57 Å². The molecule has 0 aliphatic heterocycles. The minimum absolute atomic E-state index is 0.214. The summed E-state index contributed by atoms with van der Waals surface area (Å²) in [5.74, 6) is -1.28. The molecule has 1 aliphatic rings. The van der Waals surface area contributed by atoms with Gasteiger partial charge >= 0.3 is 6.09 Å². The summed E-state index contributed by atoms with van der Waals surface area (Å²) in [5, 5.41) is 28.7. The molecule has 13 heteroatoms. The Labute approximate surface area is 196 Å². The summed E-state index contributed by atoms with van der Waals surface area (Å²) in [6.07, 6.45) is -2.63. The number of rotatable bonds is 8. The lowest BCUT2D eigenvalue weighted by Crippen LogP contribution is -2.36. The number of aliphatic hydroxyl groups excluding tert-OH is 2. The van der Waals surface area contributed by atoms with Crippen LogP contribution in [0, 0.1) is 9.39 Å². The highest BCUT2D eigenvalue weighted by atomic mass is 127. The highest BCUT2D eigenvalue weighted by Crippen LogP contribution is 2.48. The van der Waals surface area contributed by atoms with Crippen LogP contribution in [0.5, 0.6) is 0 Å². The summed E-state index contributed by atoms with van der Waals surface area (Å²) >= 11 is 1.85. The van der Waals surface area contributed by atoms with Gasteiger partial charge in [0, 0.05) is 16.7 Å². The summed E-state index contributed by atoms with van der Waals surface area (Å²) in [4.78, 5) is 24.9. The van der Waals surface area contributed by atoms with Crippen LogP contribution in [-0.2, 0) is 17.1 Å². The van der Waals surface area contributed by atoms with E-state index >= 15 is 0 Å². The van der Waals surface area contributed by atoms with E-state index in [0.29, 0.717) is 8.47 Å². The van der Waals surface area contributed by atoms with E-state index in [2.05, 4.69) is 4.72 Å². The van der Waals surface area contributed by atoms with Gasteiger partial charge in [-0.15, -0.1) is 0 Å². The molecule has 1 heterocycles. The van der Waals surface area contributed by atoms with Gasteiger partial charge < -0.3 is 15.3 Å². The molecule has 0 saturated heterocycles. The van der Waals surface area contributed by atoms with Crippen LogP contribution in [0.1, 0.15) is 19.3 Å². The number of aromatic nitrogens is 1. The summed E-state index contributed by atoms with van der Waals surface area (Å²) in [5.41, 5.74) is -1.29. The Kier molecular flexibility index (Phi) is 6.83. The van der Waals surface area contributed by atoms with Crippen molar-refractivity contribution in [1.29, 1.82) is 0 Å². The summed E-state index contributed by atoms with van der Waals surface area (Å²) in [7, 11) is -2.93. The van der Waals surface area contributed by atoms with Crippen molar-refractivity contribution >= 4 is 55.9 Å². The fourth-order valence-corrected chi connectivity index (χ4v) is 5.59. The Hall–Kier alpha value is -2.23. The number of carbonyl (C=O) groups is 1. The van der Waals surface area contributed by atoms with E-state index in [1.54, 1.807) is 0 Å². The maximum absolute atomic E-state index is 14.6. The van der Waals surface area contributed by atoms with Crippen molar-refractivity contribution in [3.63, 3.8) is 0 Å². The van der Waals surface area contributed by atoms with Crippen molar-refractivity contribution in [2.75, 3.05) is 16.2 Å². The maximum Gasteiger partial charge on any atom is 0.417 e. The smallest absolute Gasteiger partial charge is 0.417 e. The predicted molar refractivity (Wildman–Crippen MR) is 123 cm³/mol. The first kappa shape index (κ1) is 24.4. The zero-order valence-electron chi connectivity index (χ0n) is 16.8. The van der Waals surface area contributed by atoms with E-state index in [4.69, 9.17) is 5.11 Å². The number of hydrogen-bond donors (Lipinski definition) is 4. The molecular weight excluding hydrogens is 560 g/mol. The molecule has 0 bridgehead atoms. The number of anilines is 3. The molecule has 174 valence electrons. The van der Waals surface area contributed by atoms with E-state index < -0.39 is 56.5 Å². The molecule has 1 fully saturated rings. The van der Waals surface area contributed by atoms with Crippen molar-refractivity contribution in [2.24, 2.45) is 7.05 Å². The molecular formula is C19H21FIN3O7S. The van der Waals surface area contributed by atoms with E-state index in [1.807, 2.05) is 22.6 Å². The maximum atomic E-state index is 14.6. The first-order valence-corrected chi connectivity index (χ1v) is 12.0. The van der Waals surface area contributed by atoms with E-state index in [1.165, 1.54) is 19.2 Å². The number of amides is 1. The number of carboxylic acid groups (broad SMARTS) is 1. The second kappa shape index (κ2) is 8.96. The molecule has 1 aromatic heterocycles. The number of benzene rings is 1. The zero-order valence-corrected chi connectivity index (χ0v) is 19.8. The number of hydrogen-bond acceptors (Lipinski definition) is 6. The van der Waals surface area contributed by atoms with E-state index in [0.717, 1.165) is 22.8 Å². The first-order chi connectivity index (χ1) is 14.9. The van der Waals surface area contributed by atoms with Gasteiger partial charge in [0.05, 0.1) is 28.8 Å². The molecule has 1 atom stereocenters. The van der Waals surface area contributed by atoms with Crippen LogP contribution in [0.15, 0.2) is 35.1 Å². The lowest BCUT2D eigenvalue weighted by Gasteiger charge is -2.26. The van der Waals surface area contributed by atoms with E-state index in [9.17, 15) is 32.6 Å². The van der Waals surface area contributed by atoms with Crippen LogP contribution in [0.2, 0.25) is 0 Å². The van der Waals surface area contributed by atoms with Crippen molar-refractivity contribution in [3.8, 4) is 0 Å². The summed E-state index contributed by atoms with van der Waals surface area (Å²) in [6.45, 7) is -0.610. The zero-order chi connectivity index (χ0) is 23.8. The lowest BCUT2D eigenvalue weighted by atomic mass is 10.2. The molecule has 0 radical (unpaired) electrons. The van der Waals surface area contributed by atoms with Crippen LogP contribution in [0.4, 0.5) is 26.4 Å². The number of halogens is 2. The predicted octanol–water partition coefficient (Wildman–Crippen LogP) is 1.96.